The molecule has 1 aliphatic rings. The molecule has 4 rings (SSSR count). The molecule has 0 radical (unpaired) electrons. The number of carbonyl (C=O) groups excluding carboxylic acids is 1. The number of hydrogen-bond acceptors (Lipinski definition) is 3. The Morgan fingerprint density at radius 3 is 2.62 bits per heavy atom. The van der Waals surface area contributed by atoms with E-state index in [0.717, 1.165) is 41.4 Å². The number of nitrogens with zero attached hydrogens (tertiary/aromatic N) is 1. The smallest absolute Gasteiger partial charge is 0.339 e. The molecule has 0 fully saturated rings. The number of benzene rings is 2. The molecule has 3 nitrogen and oxygen atoms in total. The first-order valence-electron chi connectivity index (χ1n) is 10.2. The van der Waals surface area contributed by atoms with Crippen LogP contribution in [-0.4, -0.2) is 11.0 Å². The number of pyridine rings is 1. The van der Waals surface area contributed by atoms with Crippen LogP contribution < -0.4 is 0 Å². The van der Waals surface area contributed by atoms with Crippen LogP contribution in [0.25, 0.3) is 10.9 Å². The Morgan fingerprint density at radius 2 is 1.86 bits per heavy atom. The van der Waals surface area contributed by atoms with Crippen LogP contribution in [0, 0.1) is 17.2 Å². The Hall–Kier alpha value is -2.75. The summed E-state index contributed by atoms with van der Waals surface area (Å²) in [6.45, 7) is 6.65. The van der Waals surface area contributed by atoms with Gasteiger partial charge < -0.3 is 4.74 Å². The van der Waals surface area contributed by atoms with Crippen molar-refractivity contribution < 1.29 is 13.9 Å². The van der Waals surface area contributed by atoms with Crippen LogP contribution >= 0.6 is 0 Å². The molecule has 0 saturated heterocycles. The molecule has 0 amide bonds. The zero-order valence-corrected chi connectivity index (χ0v) is 17.2. The quantitative estimate of drug-likeness (QED) is 0.523. The van der Waals surface area contributed by atoms with E-state index in [0.29, 0.717) is 17.0 Å². The zero-order chi connectivity index (χ0) is 20.6. The summed E-state index contributed by atoms with van der Waals surface area (Å²) in [5, 5.41) is 0.805. The minimum absolute atomic E-state index is 0.0837. The Kier molecular flexibility index (Phi) is 5.12. The molecule has 3 aromatic rings. The van der Waals surface area contributed by atoms with Gasteiger partial charge in [-0.3, -0.25) is 4.98 Å². The van der Waals surface area contributed by atoms with Gasteiger partial charge in [0.1, 0.15) is 12.4 Å². The van der Waals surface area contributed by atoms with E-state index in [1.165, 1.54) is 6.07 Å². The van der Waals surface area contributed by atoms with Crippen LogP contribution in [-0.2, 0) is 24.2 Å². The molecule has 2 aromatic carbocycles. The minimum Gasteiger partial charge on any atom is -0.457 e. The normalized spacial score (nSPS) is 16.5. The highest BCUT2D eigenvalue weighted by Crippen LogP contribution is 2.39. The van der Waals surface area contributed by atoms with Crippen LogP contribution in [0.3, 0.4) is 0 Å². The zero-order valence-electron chi connectivity index (χ0n) is 17.2. The van der Waals surface area contributed by atoms with Crippen molar-refractivity contribution in [1.29, 1.82) is 0 Å². The fourth-order valence-electron chi connectivity index (χ4n) is 4.19. The van der Waals surface area contributed by atoms with Crippen LogP contribution in [0.15, 0.2) is 48.5 Å². The Balaban J connectivity index is 1.74. The first-order chi connectivity index (χ1) is 13.8. The van der Waals surface area contributed by atoms with E-state index in [1.807, 2.05) is 24.3 Å². The van der Waals surface area contributed by atoms with Crippen molar-refractivity contribution in [2.24, 2.45) is 11.3 Å². The fourth-order valence-corrected chi connectivity index (χ4v) is 4.19. The van der Waals surface area contributed by atoms with Gasteiger partial charge in [0.05, 0.1) is 11.1 Å². The summed E-state index contributed by atoms with van der Waals surface area (Å²) in [5.41, 5.74) is 3.91. The van der Waals surface area contributed by atoms with Gasteiger partial charge in [0, 0.05) is 16.6 Å². The number of fused-ring (bicyclic) bond motifs is 2. The number of rotatable bonds is 3. The maximum Gasteiger partial charge on any atom is 0.339 e. The highest BCUT2D eigenvalue weighted by Gasteiger charge is 2.33. The summed E-state index contributed by atoms with van der Waals surface area (Å²) in [6, 6.07) is 14.1. The van der Waals surface area contributed by atoms with Crippen molar-refractivity contribution in [1.82, 2.24) is 4.98 Å². The third-order valence-electron chi connectivity index (χ3n) is 6.00. The Morgan fingerprint density at radius 1 is 1.14 bits per heavy atom. The average molecular weight is 391 g/mol. The Bertz CT molecular complexity index is 1070. The summed E-state index contributed by atoms with van der Waals surface area (Å²) in [6.07, 6.45) is 2.72. The second-order valence-electron chi connectivity index (χ2n) is 8.90. The maximum absolute atomic E-state index is 13.9. The molecule has 1 heterocycles. The molecule has 150 valence electrons. The van der Waals surface area contributed by atoms with Crippen LogP contribution in [0.2, 0.25) is 0 Å². The van der Waals surface area contributed by atoms with Gasteiger partial charge >= 0.3 is 5.97 Å². The van der Waals surface area contributed by atoms with E-state index in [9.17, 15) is 9.18 Å². The number of para-hydroxylation sites is 1. The van der Waals surface area contributed by atoms with Crippen molar-refractivity contribution in [3.05, 3.63) is 76.7 Å². The summed E-state index contributed by atoms with van der Waals surface area (Å²) < 4.78 is 19.5. The van der Waals surface area contributed by atoms with E-state index < -0.39 is 5.97 Å². The van der Waals surface area contributed by atoms with Crippen LogP contribution in [0.1, 0.15) is 54.4 Å². The molecule has 1 unspecified atom stereocenters. The second-order valence-corrected chi connectivity index (χ2v) is 8.90. The van der Waals surface area contributed by atoms with Gasteiger partial charge in [0.15, 0.2) is 0 Å². The van der Waals surface area contributed by atoms with Gasteiger partial charge in [-0.1, -0.05) is 57.2 Å². The first kappa shape index (κ1) is 19.6. The lowest BCUT2D eigenvalue weighted by Crippen LogP contribution is -2.29. The van der Waals surface area contributed by atoms with Gasteiger partial charge in [0.25, 0.3) is 0 Å². The van der Waals surface area contributed by atoms with Gasteiger partial charge in [0.2, 0.25) is 0 Å². The van der Waals surface area contributed by atoms with Crippen LogP contribution in [0.5, 0.6) is 0 Å². The predicted octanol–water partition coefficient (Wildman–Crippen LogP) is 5.88. The lowest BCUT2D eigenvalue weighted by molar-refractivity contribution is 0.0468. The number of aryl methyl sites for hydroxylation is 1. The number of ether oxygens (including phenoxy) is 1. The molecular weight excluding hydrogens is 365 g/mol. The summed E-state index contributed by atoms with van der Waals surface area (Å²) in [4.78, 5) is 18.0. The summed E-state index contributed by atoms with van der Waals surface area (Å²) in [5.74, 6) is -0.302. The van der Waals surface area contributed by atoms with Crippen molar-refractivity contribution in [2.75, 3.05) is 0 Å². The van der Waals surface area contributed by atoms with Crippen molar-refractivity contribution in [2.45, 2.75) is 46.6 Å². The average Bonchev–Trinajstić information content (AvgIpc) is 2.70. The highest BCUT2D eigenvalue weighted by molar-refractivity contribution is 6.05. The third kappa shape index (κ3) is 3.89. The lowest BCUT2D eigenvalue weighted by atomic mass is 9.70. The molecule has 0 N–H and O–H groups in total. The van der Waals surface area contributed by atoms with E-state index in [1.54, 1.807) is 18.2 Å². The van der Waals surface area contributed by atoms with E-state index in [-0.39, 0.29) is 17.8 Å². The maximum atomic E-state index is 13.9. The largest absolute Gasteiger partial charge is 0.457 e. The topological polar surface area (TPSA) is 39.2 Å². The van der Waals surface area contributed by atoms with Gasteiger partial charge in [-0.05, 0) is 48.3 Å². The lowest BCUT2D eigenvalue weighted by Gasteiger charge is -2.35. The molecule has 1 atom stereocenters. The van der Waals surface area contributed by atoms with Crippen molar-refractivity contribution in [3.8, 4) is 0 Å². The standard InChI is InChI=1S/C25H26FNO2/c1-25(2,3)17-12-13-22-19(14-17)23(18-9-5-7-11-21(18)27-22)24(28)29-15-16-8-4-6-10-20(16)26/h4-11,17H,12-15H2,1-3H3. The molecular formula is C25H26FNO2. The van der Waals surface area contributed by atoms with Crippen LogP contribution in [0.4, 0.5) is 4.39 Å². The molecule has 0 bridgehead atoms. The third-order valence-corrected chi connectivity index (χ3v) is 6.00. The molecule has 1 aromatic heterocycles. The molecule has 0 spiro atoms. The number of hydrogen-bond donors (Lipinski definition) is 0. The van der Waals surface area contributed by atoms with E-state index >= 15 is 0 Å². The molecule has 4 heteroatoms. The van der Waals surface area contributed by atoms with Gasteiger partial charge in [-0.25, -0.2) is 9.18 Å². The monoisotopic (exact) mass is 391 g/mol. The minimum atomic E-state index is -0.405. The number of carbonyl (C=O) groups is 1. The van der Waals surface area contributed by atoms with E-state index in [2.05, 4.69) is 20.8 Å². The molecule has 29 heavy (non-hydrogen) atoms. The fraction of sp³-hybridized carbons (Fsp3) is 0.360. The predicted molar refractivity (Wildman–Crippen MR) is 112 cm³/mol. The van der Waals surface area contributed by atoms with Gasteiger partial charge in [-0.2, -0.15) is 0 Å². The van der Waals surface area contributed by atoms with Crippen molar-refractivity contribution in [3.63, 3.8) is 0 Å². The molecule has 1 aliphatic carbocycles. The second kappa shape index (κ2) is 7.58. The number of halogens is 1. The van der Waals surface area contributed by atoms with E-state index in [4.69, 9.17) is 9.72 Å². The summed E-state index contributed by atoms with van der Waals surface area (Å²) >= 11 is 0. The number of aromatic nitrogens is 1. The summed E-state index contributed by atoms with van der Waals surface area (Å²) in [7, 11) is 0. The SMILES string of the molecule is CC(C)(C)C1CCc2nc3ccccc3c(C(=O)OCc3ccccc3F)c2C1. The molecule has 0 aliphatic heterocycles. The Labute approximate surface area is 170 Å². The highest BCUT2D eigenvalue weighted by atomic mass is 19.1. The van der Waals surface area contributed by atoms with Crippen molar-refractivity contribution >= 4 is 16.9 Å². The molecule has 0 saturated carbocycles. The first-order valence-corrected chi connectivity index (χ1v) is 10.2. The number of esters is 1. The van der Waals surface area contributed by atoms with Gasteiger partial charge in [-0.15, -0.1) is 0 Å².